The third-order valence-corrected chi connectivity index (χ3v) is 7.29. The van der Waals surface area contributed by atoms with E-state index in [1.54, 1.807) is 29.1 Å². The summed E-state index contributed by atoms with van der Waals surface area (Å²) in [6.07, 6.45) is 9.52. The van der Waals surface area contributed by atoms with Crippen LogP contribution in [0.3, 0.4) is 0 Å². The Kier molecular flexibility index (Phi) is 8.82. The van der Waals surface area contributed by atoms with Crippen LogP contribution in [0.2, 0.25) is 0 Å². The number of urea groups is 1. The average Bonchev–Trinajstić information content (AvgIpc) is 3.42. The van der Waals surface area contributed by atoms with Gasteiger partial charge in [-0.3, -0.25) is 4.79 Å². The van der Waals surface area contributed by atoms with Gasteiger partial charge in [0, 0.05) is 31.7 Å². The Balaban J connectivity index is 1.58. The highest BCUT2D eigenvalue weighted by atomic mass is 16.5. The van der Waals surface area contributed by atoms with E-state index in [2.05, 4.69) is 10.3 Å². The summed E-state index contributed by atoms with van der Waals surface area (Å²) in [5.74, 6) is -0.0675. The van der Waals surface area contributed by atoms with Crippen molar-refractivity contribution in [1.82, 2.24) is 20.1 Å². The lowest BCUT2D eigenvalue weighted by atomic mass is 10.00. The van der Waals surface area contributed by atoms with E-state index in [-0.39, 0.29) is 48.5 Å². The van der Waals surface area contributed by atoms with Crippen LogP contribution >= 0.6 is 0 Å². The third-order valence-electron chi connectivity index (χ3n) is 7.29. The highest BCUT2D eigenvalue weighted by Crippen LogP contribution is 2.28. The molecule has 0 radical (unpaired) electrons. The molecule has 0 unspecified atom stereocenters. The van der Waals surface area contributed by atoms with E-state index in [0.717, 1.165) is 36.8 Å². The van der Waals surface area contributed by atoms with Crippen molar-refractivity contribution < 1.29 is 19.4 Å². The Morgan fingerprint density at radius 3 is 2.65 bits per heavy atom. The number of pyridine rings is 1. The molecule has 4 rings (SSSR count). The molecule has 8 heteroatoms. The summed E-state index contributed by atoms with van der Waals surface area (Å²) in [7, 11) is 1.77. The Morgan fingerprint density at radius 1 is 1.24 bits per heavy atom. The highest BCUT2D eigenvalue weighted by molar-refractivity contribution is 5.97. The molecule has 0 spiro atoms. The summed E-state index contributed by atoms with van der Waals surface area (Å²) in [5, 5.41) is 13.0. The van der Waals surface area contributed by atoms with Gasteiger partial charge in [0.2, 0.25) is 5.88 Å². The van der Waals surface area contributed by atoms with Crippen LogP contribution in [0, 0.1) is 5.92 Å². The van der Waals surface area contributed by atoms with Crippen molar-refractivity contribution in [1.29, 1.82) is 0 Å². The number of fused-ring (bicyclic) bond motifs is 1. The van der Waals surface area contributed by atoms with E-state index in [0.29, 0.717) is 18.7 Å². The number of aliphatic hydroxyl groups excluding tert-OH is 1. The first kappa shape index (κ1) is 26.7. The molecular weight excluding hydrogens is 468 g/mol. The second kappa shape index (κ2) is 12.2. The molecule has 1 aliphatic heterocycles. The SMILES string of the molecule is C[C@H](CO)N1C[C@H](C)[C@H](CN(C)C(=O)NC2CCCC2)Oc2ncc(/C=C/c3ccccc3)cc2C1=O. The fraction of sp³-hybridized carbons (Fsp3) is 0.483. The summed E-state index contributed by atoms with van der Waals surface area (Å²) < 4.78 is 6.32. The third kappa shape index (κ3) is 6.68. The lowest BCUT2D eigenvalue weighted by Gasteiger charge is -2.37. The summed E-state index contributed by atoms with van der Waals surface area (Å²) in [6.45, 7) is 4.43. The van der Waals surface area contributed by atoms with Crippen LogP contribution in [0.4, 0.5) is 4.79 Å². The maximum atomic E-state index is 13.6. The summed E-state index contributed by atoms with van der Waals surface area (Å²) in [4.78, 5) is 34.3. The second-order valence-electron chi connectivity index (χ2n) is 10.3. The zero-order valence-electron chi connectivity index (χ0n) is 22.0. The van der Waals surface area contributed by atoms with E-state index < -0.39 is 0 Å². The minimum absolute atomic E-state index is 0.0905. The molecular formula is C29H38N4O4. The molecule has 198 valence electrons. The minimum Gasteiger partial charge on any atom is -0.472 e. The molecule has 3 amide bonds. The van der Waals surface area contributed by atoms with Crippen LogP contribution < -0.4 is 10.1 Å². The van der Waals surface area contributed by atoms with Crippen LogP contribution in [0.15, 0.2) is 42.6 Å². The predicted octanol–water partition coefficient (Wildman–Crippen LogP) is 4.06. The lowest BCUT2D eigenvalue weighted by molar-refractivity contribution is 0.0351. The van der Waals surface area contributed by atoms with Crippen molar-refractivity contribution in [2.75, 3.05) is 26.7 Å². The molecule has 2 aromatic rings. The van der Waals surface area contributed by atoms with E-state index >= 15 is 0 Å². The normalized spacial score (nSPS) is 21.2. The molecule has 8 nitrogen and oxygen atoms in total. The molecule has 1 fully saturated rings. The van der Waals surface area contributed by atoms with Gasteiger partial charge in [0.05, 0.1) is 19.2 Å². The fourth-order valence-corrected chi connectivity index (χ4v) is 4.89. The first-order chi connectivity index (χ1) is 17.9. The van der Waals surface area contributed by atoms with E-state index in [9.17, 15) is 14.7 Å². The molecule has 2 aliphatic rings. The van der Waals surface area contributed by atoms with Crippen molar-refractivity contribution in [2.45, 2.75) is 57.7 Å². The first-order valence-corrected chi connectivity index (χ1v) is 13.2. The lowest BCUT2D eigenvalue weighted by Crippen LogP contribution is -2.52. The largest absolute Gasteiger partial charge is 0.472 e. The number of aliphatic hydroxyl groups is 1. The van der Waals surface area contributed by atoms with Crippen LogP contribution in [0.25, 0.3) is 12.2 Å². The number of carbonyl (C=O) groups excluding carboxylic acids is 2. The van der Waals surface area contributed by atoms with Gasteiger partial charge in [-0.15, -0.1) is 0 Å². The van der Waals surface area contributed by atoms with Gasteiger partial charge in [-0.25, -0.2) is 9.78 Å². The van der Waals surface area contributed by atoms with Crippen molar-refractivity contribution >= 4 is 24.1 Å². The summed E-state index contributed by atoms with van der Waals surface area (Å²) in [5.41, 5.74) is 2.17. The van der Waals surface area contributed by atoms with E-state index in [1.165, 1.54) is 0 Å². The smallest absolute Gasteiger partial charge is 0.317 e. The molecule has 1 aliphatic carbocycles. The molecule has 0 saturated heterocycles. The van der Waals surface area contributed by atoms with Crippen molar-refractivity contribution in [3.8, 4) is 5.88 Å². The number of aromatic nitrogens is 1. The molecule has 1 aromatic heterocycles. The van der Waals surface area contributed by atoms with Crippen LogP contribution in [0.5, 0.6) is 5.88 Å². The van der Waals surface area contributed by atoms with Gasteiger partial charge >= 0.3 is 6.03 Å². The molecule has 1 saturated carbocycles. The van der Waals surface area contributed by atoms with E-state index in [4.69, 9.17) is 4.74 Å². The number of rotatable bonds is 7. The number of nitrogens with zero attached hydrogens (tertiary/aromatic N) is 3. The average molecular weight is 507 g/mol. The zero-order valence-corrected chi connectivity index (χ0v) is 22.0. The van der Waals surface area contributed by atoms with Crippen LogP contribution in [-0.4, -0.2) is 76.8 Å². The van der Waals surface area contributed by atoms with Crippen LogP contribution in [-0.2, 0) is 0 Å². The second-order valence-corrected chi connectivity index (χ2v) is 10.3. The minimum atomic E-state index is -0.377. The zero-order chi connectivity index (χ0) is 26.4. The Labute approximate surface area is 219 Å². The van der Waals surface area contributed by atoms with Gasteiger partial charge < -0.3 is 25.0 Å². The van der Waals surface area contributed by atoms with Gasteiger partial charge in [-0.1, -0.05) is 62.2 Å². The molecule has 37 heavy (non-hydrogen) atoms. The molecule has 2 N–H and O–H groups in total. The fourth-order valence-electron chi connectivity index (χ4n) is 4.89. The Morgan fingerprint density at radius 2 is 1.95 bits per heavy atom. The van der Waals surface area contributed by atoms with Crippen molar-refractivity contribution in [3.63, 3.8) is 0 Å². The van der Waals surface area contributed by atoms with Gasteiger partial charge in [0.1, 0.15) is 11.7 Å². The summed E-state index contributed by atoms with van der Waals surface area (Å²) in [6, 6.07) is 11.4. The number of benzene rings is 1. The number of ether oxygens (including phenoxy) is 1. The molecule has 0 bridgehead atoms. The van der Waals surface area contributed by atoms with Crippen LogP contribution in [0.1, 0.15) is 61.0 Å². The Hall–Kier alpha value is -3.39. The maximum absolute atomic E-state index is 13.6. The van der Waals surface area contributed by atoms with E-state index in [1.807, 2.05) is 56.3 Å². The number of amides is 3. The van der Waals surface area contributed by atoms with Gasteiger partial charge in [-0.2, -0.15) is 0 Å². The maximum Gasteiger partial charge on any atom is 0.317 e. The van der Waals surface area contributed by atoms with Gasteiger partial charge in [-0.05, 0) is 37.0 Å². The molecule has 3 atom stereocenters. The Bertz CT molecular complexity index is 1100. The quantitative estimate of drug-likeness (QED) is 0.591. The molecule has 2 heterocycles. The number of nitrogens with one attached hydrogen (secondary N) is 1. The summed E-state index contributed by atoms with van der Waals surface area (Å²) >= 11 is 0. The van der Waals surface area contributed by atoms with Crippen molar-refractivity contribution in [2.24, 2.45) is 5.92 Å². The van der Waals surface area contributed by atoms with Crippen molar-refractivity contribution in [3.05, 3.63) is 59.3 Å². The first-order valence-electron chi connectivity index (χ1n) is 13.2. The molecule has 1 aromatic carbocycles. The topological polar surface area (TPSA) is 95.0 Å². The monoisotopic (exact) mass is 506 g/mol. The highest BCUT2D eigenvalue weighted by Gasteiger charge is 2.35. The number of hydrogen-bond donors (Lipinski definition) is 2. The number of carbonyl (C=O) groups is 2. The number of hydrogen-bond acceptors (Lipinski definition) is 5. The predicted molar refractivity (Wildman–Crippen MR) is 144 cm³/mol. The number of likely N-dealkylation sites (N-methyl/N-ethyl adjacent to an activating group) is 1. The van der Waals surface area contributed by atoms with Gasteiger partial charge in [0.25, 0.3) is 5.91 Å². The standard InChI is InChI=1S/C29H38N4O4/c1-20-17-33(21(2)19-34)28(35)25-15-23(14-13-22-9-5-4-6-10-22)16-30-27(25)37-26(20)18-32(3)29(36)31-24-11-7-8-12-24/h4-6,9-10,13-16,20-21,24,26,34H,7-8,11-12,17-19H2,1-3H3,(H,31,36)/b14-13+/t20-,21+,26-/m0/s1. The van der Waals surface area contributed by atoms with Gasteiger partial charge in [0.15, 0.2) is 0 Å².